The third-order valence-electron chi connectivity index (χ3n) is 3.63. The summed E-state index contributed by atoms with van der Waals surface area (Å²) in [6, 6.07) is 7.22. The first-order chi connectivity index (χ1) is 11.5. The highest BCUT2D eigenvalue weighted by Crippen LogP contribution is 2.34. The Morgan fingerprint density at radius 2 is 2.16 bits per heavy atom. The van der Waals surface area contributed by atoms with E-state index in [9.17, 15) is 5.11 Å². The molecule has 1 saturated heterocycles. The Bertz CT molecular complexity index is 568. The Kier molecular flexibility index (Phi) is 2.56. The molecule has 0 amide bonds. The molecule has 1 aliphatic heterocycles. The molecule has 0 aliphatic carbocycles. The van der Waals surface area contributed by atoms with Crippen molar-refractivity contribution in [3.8, 4) is 5.75 Å². The van der Waals surface area contributed by atoms with Crippen molar-refractivity contribution in [2.45, 2.75) is 18.4 Å². The topological polar surface area (TPSA) is 35.9 Å². The second-order valence-corrected chi connectivity index (χ2v) is 4.95. The molecule has 0 atom stereocenters. The third kappa shape index (κ3) is 3.47. The van der Waals surface area contributed by atoms with Crippen molar-refractivity contribution in [1.29, 1.82) is 0 Å². The maximum Gasteiger partial charge on any atom is 0.119 e. The maximum atomic E-state index is 10.9. The molecule has 0 bridgehead atoms. The van der Waals surface area contributed by atoms with E-state index in [0.29, 0.717) is 36.6 Å². The van der Waals surface area contributed by atoms with Gasteiger partial charge in [0.25, 0.3) is 0 Å². The smallest absolute Gasteiger partial charge is 0.119 e. The van der Waals surface area contributed by atoms with E-state index < -0.39 is 19.6 Å². The summed E-state index contributed by atoms with van der Waals surface area (Å²) in [7, 11) is 1.56. The molecule has 0 aromatic heterocycles. The normalized spacial score (nSPS) is 25.6. The van der Waals surface area contributed by atoms with Crippen molar-refractivity contribution < 1.29 is 18.1 Å². The van der Waals surface area contributed by atoms with Crippen molar-refractivity contribution in [3.63, 3.8) is 0 Å². The van der Waals surface area contributed by atoms with Crippen LogP contribution < -0.4 is 4.74 Å². The van der Waals surface area contributed by atoms with E-state index in [1.807, 2.05) is 12.1 Å². The monoisotopic (exact) mass is 270 g/mol. The lowest BCUT2D eigenvalue weighted by molar-refractivity contribution is -0.0340. The van der Waals surface area contributed by atoms with Crippen molar-refractivity contribution in [2.24, 2.45) is 0 Å². The van der Waals surface area contributed by atoms with Gasteiger partial charge in [-0.05, 0) is 44.5 Å². The van der Waals surface area contributed by atoms with Crippen molar-refractivity contribution in [2.75, 3.05) is 40.8 Å². The third-order valence-corrected chi connectivity index (χ3v) is 3.63. The fourth-order valence-corrected chi connectivity index (χ4v) is 2.47. The Labute approximate surface area is 124 Å². The van der Waals surface area contributed by atoms with Crippen LogP contribution in [-0.2, 0) is 5.60 Å². The van der Waals surface area contributed by atoms with Gasteiger partial charge in [0.2, 0.25) is 0 Å². The lowest BCUT2D eigenvalue weighted by Crippen LogP contribution is -2.45. The summed E-state index contributed by atoms with van der Waals surface area (Å²) in [5.41, 5.74) is -0.287. The molecule has 0 radical (unpaired) electrons. The Morgan fingerprint density at radius 1 is 1.42 bits per heavy atom. The first-order valence-electron chi connectivity index (χ1n) is 9.33. The van der Waals surface area contributed by atoms with Gasteiger partial charge < -0.3 is 9.84 Å². The summed E-state index contributed by atoms with van der Waals surface area (Å²) in [5.74, 6) is 0.657. The van der Waals surface area contributed by atoms with Crippen LogP contribution in [-0.4, -0.2) is 55.7 Å². The predicted octanol–water partition coefficient (Wildman–Crippen LogP) is 1.50. The summed E-state index contributed by atoms with van der Waals surface area (Å²) in [5, 5.41) is 10.9. The number of methoxy groups -OCH3 is 1. The van der Waals surface area contributed by atoms with E-state index in [-0.39, 0.29) is 6.67 Å². The number of rotatable bonds is 4. The highest BCUT2D eigenvalue weighted by molar-refractivity contribution is 5.32. The average molecular weight is 270 g/mol. The molecule has 1 N–H and O–H groups in total. The minimum Gasteiger partial charge on any atom is -0.497 e. The van der Waals surface area contributed by atoms with Crippen molar-refractivity contribution in [1.82, 2.24) is 9.80 Å². The SMILES string of the molecule is [2H]C([2H])([2H])N(CN1CCC(O)(c2cccc(OC)c2)CC1)C([2H])([2H])[2H]. The van der Waals surface area contributed by atoms with Crippen LogP contribution in [0.15, 0.2) is 24.3 Å². The van der Waals surface area contributed by atoms with Crippen LogP contribution in [0.3, 0.4) is 0 Å². The van der Waals surface area contributed by atoms with Crippen LogP contribution >= 0.6 is 0 Å². The summed E-state index contributed by atoms with van der Waals surface area (Å²) in [4.78, 5) is 2.28. The fraction of sp³-hybridized carbons (Fsp3) is 0.600. The number of likely N-dealkylation sites (tertiary alicyclic amines) is 1. The molecule has 0 spiro atoms. The number of ether oxygens (including phenoxy) is 1. The zero-order chi connectivity index (χ0) is 18.9. The Morgan fingerprint density at radius 3 is 2.79 bits per heavy atom. The summed E-state index contributed by atoms with van der Waals surface area (Å²) in [6.45, 7) is -4.80. The molecule has 1 aromatic rings. The van der Waals surface area contributed by atoms with Gasteiger partial charge in [0.1, 0.15) is 5.75 Å². The highest BCUT2D eigenvalue weighted by Gasteiger charge is 2.34. The zero-order valence-electron chi connectivity index (χ0n) is 17.1. The molecule has 2 rings (SSSR count). The molecule has 1 fully saturated rings. The molecule has 1 aromatic carbocycles. The minimum absolute atomic E-state index is 0.193. The number of hydrogen-bond acceptors (Lipinski definition) is 4. The molecule has 4 nitrogen and oxygen atoms in total. The van der Waals surface area contributed by atoms with Crippen LogP contribution in [0.25, 0.3) is 0 Å². The lowest BCUT2D eigenvalue weighted by Gasteiger charge is -2.39. The van der Waals surface area contributed by atoms with Crippen molar-refractivity contribution >= 4 is 0 Å². The van der Waals surface area contributed by atoms with Crippen LogP contribution in [0, 0.1) is 0 Å². The Hall–Kier alpha value is -1.10. The number of hydrogen-bond donors (Lipinski definition) is 1. The predicted molar refractivity (Wildman–Crippen MR) is 76.3 cm³/mol. The van der Waals surface area contributed by atoms with Gasteiger partial charge in [0.15, 0.2) is 0 Å². The van der Waals surface area contributed by atoms with Gasteiger partial charge in [-0.1, -0.05) is 12.1 Å². The van der Waals surface area contributed by atoms with Gasteiger partial charge in [-0.25, -0.2) is 0 Å². The fourth-order valence-electron chi connectivity index (χ4n) is 2.47. The first-order valence-corrected chi connectivity index (χ1v) is 6.33. The molecule has 106 valence electrons. The van der Waals surface area contributed by atoms with Gasteiger partial charge in [-0.3, -0.25) is 9.80 Å². The van der Waals surface area contributed by atoms with Gasteiger partial charge in [-0.2, -0.15) is 0 Å². The lowest BCUT2D eigenvalue weighted by atomic mass is 9.84. The van der Waals surface area contributed by atoms with Crippen LogP contribution in [0.2, 0.25) is 0 Å². The van der Waals surface area contributed by atoms with E-state index in [2.05, 4.69) is 0 Å². The molecule has 19 heavy (non-hydrogen) atoms. The summed E-state index contributed by atoms with van der Waals surface area (Å²) >= 11 is 0. The largest absolute Gasteiger partial charge is 0.497 e. The van der Waals surface area contributed by atoms with Crippen molar-refractivity contribution in [3.05, 3.63) is 29.8 Å². The van der Waals surface area contributed by atoms with E-state index in [1.54, 1.807) is 24.1 Å². The van der Waals surface area contributed by atoms with Gasteiger partial charge >= 0.3 is 0 Å². The molecular weight excluding hydrogens is 240 g/mol. The molecule has 0 unspecified atom stereocenters. The maximum absolute atomic E-state index is 10.9. The van der Waals surface area contributed by atoms with E-state index >= 15 is 0 Å². The molecule has 0 saturated carbocycles. The van der Waals surface area contributed by atoms with Gasteiger partial charge in [-0.15, -0.1) is 0 Å². The highest BCUT2D eigenvalue weighted by atomic mass is 16.5. The zero-order valence-corrected chi connectivity index (χ0v) is 11.1. The quantitative estimate of drug-likeness (QED) is 0.899. The number of nitrogens with zero attached hydrogens (tertiary/aromatic N) is 2. The average Bonchev–Trinajstić information content (AvgIpc) is 2.52. The van der Waals surface area contributed by atoms with E-state index in [4.69, 9.17) is 13.0 Å². The first kappa shape index (κ1) is 8.25. The van der Waals surface area contributed by atoms with Gasteiger partial charge in [0.05, 0.1) is 19.4 Å². The van der Waals surface area contributed by atoms with E-state index in [1.165, 1.54) is 0 Å². The molecule has 1 aliphatic rings. The second kappa shape index (κ2) is 5.90. The second-order valence-electron chi connectivity index (χ2n) is 4.95. The van der Waals surface area contributed by atoms with Crippen LogP contribution in [0.4, 0.5) is 0 Å². The number of piperidine rings is 1. The Balaban J connectivity index is 2.05. The molecule has 4 heteroatoms. The number of benzene rings is 1. The number of aliphatic hydroxyl groups is 1. The molecule has 1 heterocycles. The van der Waals surface area contributed by atoms with Crippen LogP contribution in [0.5, 0.6) is 5.75 Å². The standard InChI is InChI=1S/C15H24N2O2/c1-16(2)12-17-9-7-15(18,8-10-17)13-5-4-6-14(11-13)19-3/h4-6,11,18H,7-10,12H2,1-3H3/i1D3,2D3. The summed E-state index contributed by atoms with van der Waals surface area (Å²) < 4.78 is 49.8. The minimum atomic E-state index is -2.70. The van der Waals surface area contributed by atoms with Crippen LogP contribution in [0.1, 0.15) is 26.6 Å². The van der Waals surface area contributed by atoms with E-state index in [0.717, 1.165) is 5.56 Å². The summed E-state index contributed by atoms with van der Waals surface area (Å²) in [6.07, 6.45) is 0.770. The van der Waals surface area contributed by atoms with Gasteiger partial charge in [0, 0.05) is 21.3 Å². The molecular formula is C15H24N2O2.